The van der Waals surface area contributed by atoms with Gasteiger partial charge in [-0.15, -0.1) is 0 Å². The molecule has 0 radical (unpaired) electrons. The minimum atomic E-state index is -0.538. The fraction of sp³-hybridized carbons (Fsp3) is 0.176. The zero-order chi connectivity index (χ0) is 16.8. The zero-order valence-corrected chi connectivity index (χ0v) is 12.9. The minimum absolute atomic E-state index is 0.114. The second kappa shape index (κ2) is 7.31. The van der Waals surface area contributed by atoms with Crippen molar-refractivity contribution in [1.82, 2.24) is 5.43 Å². The standard InChI is InChI=1S/C17H17N3O3/c1-12(2)16(13-7-4-3-5-8-13)18-19-17(21)14-9-6-10-15(11-14)20(22)23/h3-12H,1-2H3,(H,19,21)/b18-16-. The lowest BCUT2D eigenvalue weighted by Gasteiger charge is -2.10. The monoisotopic (exact) mass is 311 g/mol. The van der Waals surface area contributed by atoms with Crippen LogP contribution in [0.2, 0.25) is 0 Å². The normalized spacial score (nSPS) is 11.3. The smallest absolute Gasteiger partial charge is 0.267 e. The molecule has 23 heavy (non-hydrogen) atoms. The highest BCUT2D eigenvalue weighted by molar-refractivity contribution is 6.03. The highest BCUT2D eigenvalue weighted by atomic mass is 16.6. The van der Waals surface area contributed by atoms with Gasteiger partial charge >= 0.3 is 0 Å². The molecule has 0 atom stereocenters. The largest absolute Gasteiger partial charge is 0.271 e. The van der Waals surface area contributed by atoms with Gasteiger partial charge in [0.25, 0.3) is 11.6 Å². The van der Waals surface area contributed by atoms with E-state index in [4.69, 9.17) is 0 Å². The summed E-state index contributed by atoms with van der Waals surface area (Å²) in [6, 6.07) is 15.1. The van der Waals surface area contributed by atoms with Gasteiger partial charge in [-0.3, -0.25) is 14.9 Å². The summed E-state index contributed by atoms with van der Waals surface area (Å²) in [5, 5.41) is 15.0. The van der Waals surface area contributed by atoms with E-state index >= 15 is 0 Å². The molecule has 2 rings (SSSR count). The van der Waals surface area contributed by atoms with Gasteiger partial charge in [-0.05, 0) is 17.5 Å². The van der Waals surface area contributed by atoms with Crippen LogP contribution in [-0.4, -0.2) is 16.5 Å². The number of nitro benzene ring substituents is 1. The van der Waals surface area contributed by atoms with E-state index in [9.17, 15) is 14.9 Å². The molecule has 1 N–H and O–H groups in total. The molecule has 0 aromatic heterocycles. The fourth-order valence-corrected chi connectivity index (χ4v) is 2.07. The number of nitrogens with one attached hydrogen (secondary N) is 1. The maximum absolute atomic E-state index is 12.1. The third kappa shape index (κ3) is 4.23. The number of amides is 1. The van der Waals surface area contributed by atoms with Crippen LogP contribution in [0.4, 0.5) is 5.69 Å². The lowest BCUT2D eigenvalue weighted by atomic mass is 10.0. The number of nitro groups is 1. The maximum atomic E-state index is 12.1. The first-order valence-electron chi connectivity index (χ1n) is 7.17. The van der Waals surface area contributed by atoms with Gasteiger partial charge in [-0.25, -0.2) is 5.43 Å². The first kappa shape index (κ1) is 16.4. The average Bonchev–Trinajstić information content (AvgIpc) is 2.55. The number of carbonyl (C=O) groups excluding carboxylic acids is 1. The predicted molar refractivity (Wildman–Crippen MR) is 88.4 cm³/mol. The molecule has 0 saturated carbocycles. The molecule has 0 aliphatic rings. The number of hydrogen-bond acceptors (Lipinski definition) is 4. The van der Waals surface area contributed by atoms with Crippen LogP contribution in [0.1, 0.15) is 29.8 Å². The lowest BCUT2D eigenvalue weighted by Crippen LogP contribution is -2.22. The fourth-order valence-electron chi connectivity index (χ4n) is 2.07. The Morgan fingerprint density at radius 3 is 2.35 bits per heavy atom. The van der Waals surface area contributed by atoms with E-state index in [2.05, 4.69) is 10.5 Å². The Morgan fingerprint density at radius 1 is 1.09 bits per heavy atom. The first-order chi connectivity index (χ1) is 11.0. The highest BCUT2D eigenvalue weighted by Gasteiger charge is 2.13. The highest BCUT2D eigenvalue weighted by Crippen LogP contribution is 2.13. The Kier molecular flexibility index (Phi) is 5.19. The van der Waals surface area contributed by atoms with Crippen molar-refractivity contribution < 1.29 is 9.72 Å². The van der Waals surface area contributed by atoms with Crippen molar-refractivity contribution in [2.45, 2.75) is 13.8 Å². The Morgan fingerprint density at radius 2 is 1.74 bits per heavy atom. The Hall–Kier alpha value is -3.02. The van der Waals surface area contributed by atoms with Gasteiger partial charge in [0.15, 0.2) is 0 Å². The quantitative estimate of drug-likeness (QED) is 0.522. The van der Waals surface area contributed by atoms with Crippen LogP contribution in [0.5, 0.6) is 0 Å². The van der Waals surface area contributed by atoms with E-state index in [1.165, 1.54) is 24.3 Å². The second-order valence-electron chi connectivity index (χ2n) is 5.27. The minimum Gasteiger partial charge on any atom is -0.267 e. The van der Waals surface area contributed by atoms with Gasteiger partial charge < -0.3 is 0 Å². The number of hydrogen-bond donors (Lipinski definition) is 1. The number of carbonyl (C=O) groups is 1. The molecule has 6 heteroatoms. The van der Waals surface area contributed by atoms with E-state index in [0.717, 1.165) is 11.3 Å². The number of non-ortho nitro benzene ring substituents is 1. The summed E-state index contributed by atoms with van der Waals surface area (Å²) >= 11 is 0. The van der Waals surface area contributed by atoms with Crippen molar-refractivity contribution in [3.63, 3.8) is 0 Å². The van der Waals surface area contributed by atoms with Crippen LogP contribution in [0, 0.1) is 16.0 Å². The summed E-state index contributed by atoms with van der Waals surface area (Å²) in [4.78, 5) is 22.4. The van der Waals surface area contributed by atoms with E-state index < -0.39 is 10.8 Å². The molecular formula is C17H17N3O3. The van der Waals surface area contributed by atoms with E-state index in [1.807, 2.05) is 44.2 Å². The van der Waals surface area contributed by atoms with Crippen LogP contribution < -0.4 is 5.43 Å². The number of nitrogens with zero attached hydrogens (tertiary/aromatic N) is 2. The molecule has 0 aliphatic heterocycles. The molecule has 118 valence electrons. The average molecular weight is 311 g/mol. The van der Waals surface area contributed by atoms with E-state index in [-0.39, 0.29) is 17.2 Å². The Balaban J connectivity index is 2.21. The predicted octanol–water partition coefficient (Wildman–Crippen LogP) is 3.38. The van der Waals surface area contributed by atoms with Crippen molar-refractivity contribution in [3.8, 4) is 0 Å². The van der Waals surface area contributed by atoms with Crippen LogP contribution in [-0.2, 0) is 0 Å². The maximum Gasteiger partial charge on any atom is 0.271 e. The van der Waals surface area contributed by atoms with Gasteiger partial charge in [-0.2, -0.15) is 5.10 Å². The SMILES string of the molecule is CC(C)/C(=N/NC(=O)c1cccc([N+](=O)[O-])c1)c1ccccc1. The van der Waals surface area contributed by atoms with E-state index in [1.54, 1.807) is 0 Å². The molecule has 6 nitrogen and oxygen atoms in total. The van der Waals surface area contributed by atoms with Crippen LogP contribution >= 0.6 is 0 Å². The summed E-state index contributed by atoms with van der Waals surface area (Å²) in [7, 11) is 0. The molecule has 0 fully saturated rings. The van der Waals surface area contributed by atoms with Crippen LogP contribution in [0.25, 0.3) is 0 Å². The zero-order valence-electron chi connectivity index (χ0n) is 12.9. The number of rotatable bonds is 5. The van der Waals surface area contributed by atoms with Gasteiger partial charge in [0, 0.05) is 17.7 Å². The van der Waals surface area contributed by atoms with Gasteiger partial charge in [0.1, 0.15) is 0 Å². The van der Waals surface area contributed by atoms with Crippen molar-refractivity contribution in [2.24, 2.45) is 11.0 Å². The molecule has 0 saturated heterocycles. The molecule has 0 spiro atoms. The molecule has 0 heterocycles. The summed E-state index contributed by atoms with van der Waals surface area (Å²) in [6.45, 7) is 3.96. The van der Waals surface area contributed by atoms with Gasteiger partial charge in [-0.1, -0.05) is 50.2 Å². The Bertz CT molecular complexity index is 740. The van der Waals surface area contributed by atoms with Crippen molar-refractivity contribution in [2.75, 3.05) is 0 Å². The third-order valence-corrected chi connectivity index (χ3v) is 3.21. The van der Waals surface area contributed by atoms with Crippen molar-refractivity contribution in [3.05, 3.63) is 75.8 Å². The lowest BCUT2D eigenvalue weighted by molar-refractivity contribution is -0.384. The van der Waals surface area contributed by atoms with E-state index in [0.29, 0.717) is 0 Å². The van der Waals surface area contributed by atoms with Crippen LogP contribution in [0.15, 0.2) is 59.7 Å². The van der Waals surface area contributed by atoms with Crippen molar-refractivity contribution >= 4 is 17.3 Å². The van der Waals surface area contributed by atoms with Crippen LogP contribution in [0.3, 0.4) is 0 Å². The number of hydrazone groups is 1. The second-order valence-corrected chi connectivity index (χ2v) is 5.27. The summed E-state index contributed by atoms with van der Waals surface area (Å²) in [5.74, 6) is -0.370. The molecule has 0 unspecified atom stereocenters. The van der Waals surface area contributed by atoms with Gasteiger partial charge in [0.05, 0.1) is 10.6 Å². The Labute approximate surface area is 134 Å². The molecular weight excluding hydrogens is 294 g/mol. The molecule has 0 bridgehead atoms. The topological polar surface area (TPSA) is 84.6 Å². The third-order valence-electron chi connectivity index (χ3n) is 3.21. The molecule has 2 aromatic rings. The summed E-state index contributed by atoms with van der Waals surface area (Å²) < 4.78 is 0. The molecule has 2 aromatic carbocycles. The molecule has 0 aliphatic carbocycles. The summed E-state index contributed by atoms with van der Waals surface area (Å²) in [5.41, 5.74) is 4.19. The first-order valence-corrected chi connectivity index (χ1v) is 7.17. The molecule has 1 amide bonds. The number of benzene rings is 2. The van der Waals surface area contributed by atoms with Crippen molar-refractivity contribution in [1.29, 1.82) is 0 Å². The van der Waals surface area contributed by atoms with Gasteiger partial charge in [0.2, 0.25) is 0 Å². The summed E-state index contributed by atoms with van der Waals surface area (Å²) in [6.07, 6.45) is 0.